The summed E-state index contributed by atoms with van der Waals surface area (Å²) in [7, 11) is 1.17. The zero-order valence-electron chi connectivity index (χ0n) is 10.1. The van der Waals surface area contributed by atoms with Gasteiger partial charge in [0.15, 0.2) is 0 Å². The molecule has 1 fully saturated rings. The molecule has 1 unspecified atom stereocenters. The molecule has 0 saturated carbocycles. The minimum atomic E-state index is -4.99. The zero-order valence-corrected chi connectivity index (χ0v) is 10.1. The predicted octanol–water partition coefficient (Wildman–Crippen LogP) is 0.322. The summed E-state index contributed by atoms with van der Waals surface area (Å²) in [6.07, 6.45) is -5.61. The van der Waals surface area contributed by atoms with Crippen molar-refractivity contribution < 1.29 is 32.3 Å². The average molecular weight is 282 g/mol. The zero-order chi connectivity index (χ0) is 14.6. The number of ether oxygens (including phenoxy) is 1. The molecular weight excluding hydrogens is 269 g/mol. The lowest BCUT2D eigenvalue weighted by Crippen LogP contribution is -2.49. The molecule has 1 aliphatic heterocycles. The molecule has 1 atom stereocenters. The van der Waals surface area contributed by atoms with E-state index in [1.165, 1.54) is 12.0 Å². The summed E-state index contributed by atoms with van der Waals surface area (Å²) >= 11 is 0. The van der Waals surface area contributed by atoms with Crippen molar-refractivity contribution >= 4 is 17.8 Å². The van der Waals surface area contributed by atoms with Crippen molar-refractivity contribution in [2.75, 3.05) is 26.7 Å². The van der Waals surface area contributed by atoms with E-state index in [1.54, 1.807) is 5.32 Å². The number of ketones is 1. The maximum absolute atomic E-state index is 12.0. The molecule has 108 valence electrons. The molecule has 1 heterocycles. The van der Waals surface area contributed by atoms with Crippen molar-refractivity contribution in [3.05, 3.63) is 0 Å². The summed E-state index contributed by atoms with van der Waals surface area (Å²) < 4.78 is 40.4. The van der Waals surface area contributed by atoms with Crippen LogP contribution in [0.3, 0.4) is 0 Å². The molecule has 0 aliphatic carbocycles. The number of hydrogen-bond acceptors (Lipinski definition) is 4. The smallest absolute Gasteiger partial charge is 0.453 e. The topological polar surface area (TPSA) is 75.7 Å². The van der Waals surface area contributed by atoms with Gasteiger partial charge in [-0.3, -0.25) is 9.59 Å². The van der Waals surface area contributed by atoms with Gasteiger partial charge >= 0.3 is 18.2 Å². The molecule has 6 nitrogen and oxygen atoms in total. The van der Waals surface area contributed by atoms with Crippen LogP contribution in [0.15, 0.2) is 0 Å². The first kappa shape index (κ1) is 15.3. The molecule has 0 bridgehead atoms. The number of Topliss-reactive ketones (excluding diaryl/α,β-unsaturated/α-hetero) is 1. The second-order valence-corrected chi connectivity index (χ2v) is 4.04. The highest BCUT2D eigenvalue weighted by Gasteiger charge is 2.39. The Balaban J connectivity index is 2.54. The second kappa shape index (κ2) is 5.89. The fourth-order valence-corrected chi connectivity index (χ4v) is 1.70. The van der Waals surface area contributed by atoms with Gasteiger partial charge in [-0.25, -0.2) is 4.79 Å². The lowest BCUT2D eigenvalue weighted by Gasteiger charge is -2.30. The van der Waals surface area contributed by atoms with E-state index in [4.69, 9.17) is 0 Å². The van der Waals surface area contributed by atoms with E-state index in [9.17, 15) is 27.6 Å². The highest BCUT2D eigenvalue weighted by atomic mass is 19.4. The van der Waals surface area contributed by atoms with Gasteiger partial charge in [0, 0.05) is 26.1 Å². The Labute approximate surface area is 106 Å². The van der Waals surface area contributed by atoms with Crippen molar-refractivity contribution in [2.45, 2.75) is 12.6 Å². The van der Waals surface area contributed by atoms with Crippen molar-refractivity contribution in [3.8, 4) is 0 Å². The number of methoxy groups -OCH3 is 1. The van der Waals surface area contributed by atoms with Gasteiger partial charge in [-0.05, 0) is 0 Å². The molecule has 2 amide bonds. The number of nitrogens with zero attached hydrogens (tertiary/aromatic N) is 1. The average Bonchev–Trinajstić information content (AvgIpc) is 2.35. The van der Waals surface area contributed by atoms with E-state index >= 15 is 0 Å². The molecule has 0 aromatic rings. The summed E-state index contributed by atoms with van der Waals surface area (Å²) in [4.78, 5) is 34.6. The van der Waals surface area contributed by atoms with Crippen LogP contribution in [0.1, 0.15) is 6.42 Å². The Morgan fingerprint density at radius 2 is 2.11 bits per heavy atom. The number of likely N-dealkylation sites (tertiary alicyclic amines) is 1. The van der Waals surface area contributed by atoms with E-state index in [2.05, 4.69) is 4.74 Å². The molecule has 0 radical (unpaired) electrons. The van der Waals surface area contributed by atoms with Crippen LogP contribution in [0, 0.1) is 5.92 Å². The van der Waals surface area contributed by atoms with Crippen molar-refractivity contribution in [3.63, 3.8) is 0 Å². The first-order valence-corrected chi connectivity index (χ1v) is 5.46. The molecule has 0 spiro atoms. The van der Waals surface area contributed by atoms with Gasteiger partial charge in [-0.1, -0.05) is 0 Å². The second-order valence-electron chi connectivity index (χ2n) is 4.04. The van der Waals surface area contributed by atoms with Gasteiger partial charge in [-0.15, -0.1) is 0 Å². The van der Waals surface area contributed by atoms with E-state index < -0.39 is 30.6 Å². The number of hydrogen-bond donors (Lipinski definition) is 1. The van der Waals surface area contributed by atoms with E-state index in [-0.39, 0.29) is 25.3 Å². The Morgan fingerprint density at radius 3 is 2.63 bits per heavy atom. The fourth-order valence-electron chi connectivity index (χ4n) is 1.70. The van der Waals surface area contributed by atoms with E-state index in [1.807, 2.05) is 0 Å². The minimum absolute atomic E-state index is 0.0294. The summed E-state index contributed by atoms with van der Waals surface area (Å²) in [5, 5.41) is 1.64. The van der Waals surface area contributed by atoms with Gasteiger partial charge in [-0.2, -0.15) is 13.2 Å². The number of halogens is 3. The lowest BCUT2D eigenvalue weighted by atomic mass is 9.96. The highest BCUT2D eigenvalue weighted by Crippen LogP contribution is 2.16. The van der Waals surface area contributed by atoms with Gasteiger partial charge in [0.05, 0.1) is 13.0 Å². The molecule has 1 saturated heterocycles. The molecule has 0 aromatic carbocycles. The summed E-state index contributed by atoms with van der Waals surface area (Å²) in [6.45, 7) is -0.358. The third-order valence-electron chi connectivity index (χ3n) is 2.72. The van der Waals surface area contributed by atoms with Gasteiger partial charge < -0.3 is 15.0 Å². The van der Waals surface area contributed by atoms with Crippen molar-refractivity contribution in [1.82, 2.24) is 10.2 Å². The van der Waals surface area contributed by atoms with Crippen LogP contribution in [-0.4, -0.2) is 55.6 Å². The van der Waals surface area contributed by atoms with Crippen LogP contribution in [0.2, 0.25) is 0 Å². The van der Waals surface area contributed by atoms with Crippen LogP contribution in [0.25, 0.3) is 0 Å². The standard InChI is InChI=1S/C10H13F3N2O4/c1-19-9(18)15-3-2-7(16)6(5-15)4-14-8(17)10(11,12)13/h6H,2-5H2,1H3,(H,14,17). The molecule has 19 heavy (non-hydrogen) atoms. The molecule has 1 aliphatic rings. The lowest BCUT2D eigenvalue weighted by molar-refractivity contribution is -0.173. The molecule has 1 rings (SSSR count). The SMILES string of the molecule is COC(=O)N1CCC(=O)C(CNC(=O)C(F)(F)F)C1. The molecule has 1 N–H and O–H groups in total. The Morgan fingerprint density at radius 1 is 1.47 bits per heavy atom. The largest absolute Gasteiger partial charge is 0.471 e. The maximum Gasteiger partial charge on any atom is 0.471 e. The van der Waals surface area contributed by atoms with Crippen LogP contribution >= 0.6 is 0 Å². The monoisotopic (exact) mass is 282 g/mol. The quantitative estimate of drug-likeness (QED) is 0.791. The minimum Gasteiger partial charge on any atom is -0.453 e. The van der Waals surface area contributed by atoms with E-state index in [0.29, 0.717) is 0 Å². The summed E-state index contributed by atoms with van der Waals surface area (Å²) in [6, 6.07) is 0. The number of carbonyl (C=O) groups excluding carboxylic acids is 3. The van der Waals surface area contributed by atoms with Crippen LogP contribution in [0.4, 0.5) is 18.0 Å². The molecule has 0 aromatic heterocycles. The third-order valence-corrected chi connectivity index (χ3v) is 2.72. The third kappa shape index (κ3) is 4.11. The van der Waals surface area contributed by atoms with Crippen molar-refractivity contribution in [1.29, 1.82) is 0 Å². The number of rotatable bonds is 2. The Hall–Kier alpha value is -1.80. The molecular formula is C10H13F3N2O4. The number of alkyl halides is 3. The van der Waals surface area contributed by atoms with Crippen LogP contribution in [0.5, 0.6) is 0 Å². The molecule has 9 heteroatoms. The maximum atomic E-state index is 12.0. The van der Waals surface area contributed by atoms with Crippen LogP contribution in [-0.2, 0) is 14.3 Å². The normalized spacial score (nSPS) is 20.1. The predicted molar refractivity (Wildman–Crippen MR) is 56.2 cm³/mol. The number of amides is 2. The fraction of sp³-hybridized carbons (Fsp3) is 0.700. The van der Waals surface area contributed by atoms with Gasteiger partial charge in [0.25, 0.3) is 0 Å². The van der Waals surface area contributed by atoms with Crippen molar-refractivity contribution in [2.24, 2.45) is 5.92 Å². The first-order chi connectivity index (χ1) is 8.75. The summed E-state index contributed by atoms with van der Waals surface area (Å²) in [5.41, 5.74) is 0. The highest BCUT2D eigenvalue weighted by molar-refractivity contribution is 5.86. The number of nitrogens with one attached hydrogen (secondary N) is 1. The van der Waals surface area contributed by atoms with E-state index in [0.717, 1.165) is 0 Å². The Kier molecular flexibility index (Phi) is 4.73. The first-order valence-electron chi connectivity index (χ1n) is 5.46. The number of piperidine rings is 1. The summed E-state index contributed by atoms with van der Waals surface area (Å²) in [5.74, 6) is -3.24. The Bertz CT molecular complexity index is 383. The van der Waals surface area contributed by atoms with Gasteiger partial charge in [0.2, 0.25) is 0 Å². The van der Waals surface area contributed by atoms with Gasteiger partial charge in [0.1, 0.15) is 5.78 Å². The van der Waals surface area contributed by atoms with Crippen LogP contribution < -0.4 is 5.32 Å². The number of carbonyl (C=O) groups is 3.